The molecule has 1 heterocycles. The Morgan fingerprint density at radius 3 is 2.18 bits per heavy atom. The van der Waals surface area contributed by atoms with Crippen molar-refractivity contribution in [3.8, 4) is 5.75 Å². The number of benzene rings is 1. The fraction of sp³-hybridized carbons (Fsp3) is 0.250. The van der Waals surface area contributed by atoms with Gasteiger partial charge in [-0.2, -0.15) is 0 Å². The highest BCUT2D eigenvalue weighted by atomic mass is 16.5. The van der Waals surface area contributed by atoms with Gasteiger partial charge in [0.05, 0.1) is 24.3 Å². The van der Waals surface area contributed by atoms with Gasteiger partial charge >= 0.3 is 11.9 Å². The van der Waals surface area contributed by atoms with E-state index in [-0.39, 0.29) is 23.6 Å². The fourth-order valence-corrected chi connectivity index (χ4v) is 2.35. The molecule has 0 saturated heterocycles. The van der Waals surface area contributed by atoms with E-state index in [2.05, 4.69) is 0 Å². The summed E-state index contributed by atoms with van der Waals surface area (Å²) >= 11 is 0. The Morgan fingerprint density at radius 1 is 1.14 bits per heavy atom. The minimum atomic E-state index is -1.12. The normalized spacial score (nSPS) is 15.6. The highest BCUT2D eigenvalue weighted by Gasteiger charge is 2.25. The molecule has 0 aromatic heterocycles. The molecule has 22 heavy (non-hydrogen) atoms. The van der Waals surface area contributed by atoms with Crippen molar-refractivity contribution in [2.24, 2.45) is 0 Å². The van der Waals surface area contributed by atoms with E-state index in [1.54, 1.807) is 18.1 Å². The largest absolute Gasteiger partial charge is 0.496 e. The molecule has 1 atom stereocenters. The Balaban J connectivity index is 2.41. The summed E-state index contributed by atoms with van der Waals surface area (Å²) in [7, 11) is 1.55. The van der Waals surface area contributed by atoms with Crippen molar-refractivity contribution in [1.29, 1.82) is 0 Å². The van der Waals surface area contributed by atoms with Gasteiger partial charge in [0, 0.05) is 24.4 Å². The maximum Gasteiger partial charge on any atom is 0.333 e. The van der Waals surface area contributed by atoms with Crippen LogP contribution in [0, 0.1) is 0 Å². The lowest BCUT2D eigenvalue weighted by atomic mass is 10.0. The van der Waals surface area contributed by atoms with Crippen LogP contribution in [-0.2, 0) is 9.59 Å². The Kier molecular flexibility index (Phi) is 4.50. The van der Waals surface area contributed by atoms with Crippen molar-refractivity contribution in [3.63, 3.8) is 0 Å². The van der Waals surface area contributed by atoms with Crippen LogP contribution in [0.4, 0.5) is 0 Å². The number of methoxy groups -OCH3 is 1. The standard InChI is InChI=1S/C16H17NO5/c1-10(13-5-3-4-6-14(13)22-2)17-8-11(15(18)19)7-12(9-17)16(20)21/h3-6,8-10H,7H2,1-2H3,(H,18,19)(H,20,21). The van der Waals surface area contributed by atoms with Gasteiger partial charge in [-0.25, -0.2) is 9.59 Å². The molecule has 1 aromatic carbocycles. The number of aliphatic carboxylic acids is 2. The van der Waals surface area contributed by atoms with E-state index in [1.165, 1.54) is 12.4 Å². The molecule has 2 N–H and O–H groups in total. The average molecular weight is 303 g/mol. The van der Waals surface area contributed by atoms with Crippen molar-refractivity contribution >= 4 is 11.9 Å². The van der Waals surface area contributed by atoms with Crippen molar-refractivity contribution < 1.29 is 24.5 Å². The van der Waals surface area contributed by atoms with Gasteiger partial charge in [0.1, 0.15) is 5.75 Å². The third kappa shape index (κ3) is 3.11. The zero-order valence-corrected chi connectivity index (χ0v) is 12.3. The van der Waals surface area contributed by atoms with Crippen LogP contribution in [0.3, 0.4) is 0 Å². The van der Waals surface area contributed by atoms with E-state index >= 15 is 0 Å². The number of carboxylic acids is 2. The molecule has 0 aliphatic carbocycles. The molecular formula is C16H17NO5. The number of carbonyl (C=O) groups is 2. The minimum Gasteiger partial charge on any atom is -0.496 e. The first-order chi connectivity index (χ1) is 10.4. The van der Waals surface area contributed by atoms with E-state index in [1.807, 2.05) is 25.1 Å². The Morgan fingerprint density at radius 2 is 1.68 bits per heavy atom. The van der Waals surface area contributed by atoms with Crippen molar-refractivity contribution in [1.82, 2.24) is 4.90 Å². The molecule has 0 bridgehead atoms. The predicted molar refractivity (Wildman–Crippen MR) is 79.3 cm³/mol. The number of hydrogen-bond donors (Lipinski definition) is 2. The molecule has 116 valence electrons. The second-order valence-electron chi connectivity index (χ2n) is 4.96. The summed E-state index contributed by atoms with van der Waals surface area (Å²) in [5, 5.41) is 18.3. The number of carboxylic acid groups (broad SMARTS) is 2. The Bertz CT molecular complexity index is 632. The topological polar surface area (TPSA) is 87.1 Å². The smallest absolute Gasteiger partial charge is 0.333 e. The Labute approximate surface area is 127 Å². The molecular weight excluding hydrogens is 286 g/mol. The van der Waals surface area contributed by atoms with E-state index in [9.17, 15) is 9.59 Å². The van der Waals surface area contributed by atoms with E-state index in [4.69, 9.17) is 14.9 Å². The lowest BCUT2D eigenvalue weighted by Gasteiger charge is -2.29. The van der Waals surface area contributed by atoms with Crippen molar-refractivity contribution in [3.05, 3.63) is 53.4 Å². The second-order valence-corrected chi connectivity index (χ2v) is 4.96. The SMILES string of the molecule is COc1ccccc1C(C)N1C=C(C(=O)O)CC(C(=O)O)=C1. The van der Waals surface area contributed by atoms with Crippen LogP contribution in [0.25, 0.3) is 0 Å². The maximum absolute atomic E-state index is 11.2. The highest BCUT2D eigenvalue weighted by molar-refractivity contribution is 5.93. The summed E-state index contributed by atoms with van der Waals surface area (Å²) in [4.78, 5) is 24.0. The van der Waals surface area contributed by atoms with Crippen molar-refractivity contribution in [2.75, 3.05) is 7.11 Å². The monoisotopic (exact) mass is 303 g/mol. The molecule has 1 unspecified atom stereocenters. The summed E-state index contributed by atoms with van der Waals surface area (Å²) in [5.41, 5.74) is 0.928. The highest BCUT2D eigenvalue weighted by Crippen LogP contribution is 2.32. The van der Waals surface area contributed by atoms with Crippen LogP contribution >= 0.6 is 0 Å². The number of nitrogens with zero attached hydrogens (tertiary/aromatic N) is 1. The van der Waals surface area contributed by atoms with Gasteiger partial charge in [0.15, 0.2) is 0 Å². The second kappa shape index (κ2) is 6.34. The molecule has 0 radical (unpaired) electrons. The predicted octanol–water partition coefficient (Wildman–Crippen LogP) is 2.40. The van der Waals surface area contributed by atoms with Crippen LogP contribution < -0.4 is 4.74 Å². The lowest BCUT2D eigenvalue weighted by Crippen LogP contribution is -2.24. The minimum absolute atomic E-state index is 0.0432. The van der Waals surface area contributed by atoms with E-state index in [0.717, 1.165) is 5.56 Å². The van der Waals surface area contributed by atoms with Gasteiger partial charge in [-0.15, -0.1) is 0 Å². The van der Waals surface area contributed by atoms with E-state index < -0.39 is 11.9 Å². The number of ether oxygens (including phenoxy) is 1. The first-order valence-corrected chi connectivity index (χ1v) is 6.72. The van der Waals surface area contributed by atoms with Gasteiger partial charge in [-0.05, 0) is 13.0 Å². The van der Waals surface area contributed by atoms with E-state index in [0.29, 0.717) is 5.75 Å². The zero-order chi connectivity index (χ0) is 16.3. The molecule has 0 spiro atoms. The Hall–Kier alpha value is -2.76. The van der Waals surface area contributed by atoms with Crippen LogP contribution in [0.15, 0.2) is 47.8 Å². The first kappa shape index (κ1) is 15.6. The van der Waals surface area contributed by atoms with Gasteiger partial charge in [-0.3, -0.25) is 0 Å². The molecule has 1 aromatic rings. The molecule has 2 rings (SSSR count). The van der Waals surface area contributed by atoms with Crippen molar-refractivity contribution in [2.45, 2.75) is 19.4 Å². The van der Waals surface area contributed by atoms with Gasteiger partial charge in [-0.1, -0.05) is 18.2 Å². The van der Waals surface area contributed by atoms with Gasteiger partial charge in [0.25, 0.3) is 0 Å². The fourth-order valence-electron chi connectivity index (χ4n) is 2.35. The third-order valence-corrected chi connectivity index (χ3v) is 3.58. The number of hydrogen-bond acceptors (Lipinski definition) is 4. The summed E-state index contributed by atoms with van der Waals surface area (Å²) in [6, 6.07) is 7.09. The van der Waals surface area contributed by atoms with Gasteiger partial charge in [0.2, 0.25) is 0 Å². The summed E-state index contributed by atoms with van der Waals surface area (Å²) in [6.45, 7) is 1.86. The molecule has 1 aliphatic heterocycles. The molecule has 6 nitrogen and oxygen atoms in total. The summed E-state index contributed by atoms with van der Waals surface area (Å²) < 4.78 is 5.31. The molecule has 1 aliphatic rings. The summed E-state index contributed by atoms with van der Waals surface area (Å²) in [6.07, 6.45) is 2.83. The third-order valence-electron chi connectivity index (χ3n) is 3.58. The molecule has 6 heteroatoms. The molecule has 0 amide bonds. The van der Waals surface area contributed by atoms with Crippen LogP contribution in [-0.4, -0.2) is 34.2 Å². The van der Waals surface area contributed by atoms with Crippen LogP contribution in [0.1, 0.15) is 24.9 Å². The van der Waals surface area contributed by atoms with Crippen LogP contribution in [0.5, 0.6) is 5.75 Å². The maximum atomic E-state index is 11.2. The number of para-hydroxylation sites is 1. The lowest BCUT2D eigenvalue weighted by molar-refractivity contribution is -0.133. The van der Waals surface area contributed by atoms with Gasteiger partial charge < -0.3 is 19.8 Å². The molecule has 0 fully saturated rings. The molecule has 0 saturated carbocycles. The van der Waals surface area contributed by atoms with Crippen LogP contribution in [0.2, 0.25) is 0 Å². The average Bonchev–Trinajstić information content (AvgIpc) is 2.53. The quantitative estimate of drug-likeness (QED) is 0.868. The zero-order valence-electron chi connectivity index (χ0n) is 12.3. The summed E-state index contributed by atoms with van der Waals surface area (Å²) in [5.74, 6) is -1.58. The number of rotatable bonds is 5. The first-order valence-electron chi connectivity index (χ1n) is 6.72.